The summed E-state index contributed by atoms with van der Waals surface area (Å²) in [4.78, 5) is 38.0. The molecular weight excluding hydrogens is 494 g/mol. The van der Waals surface area contributed by atoms with E-state index in [2.05, 4.69) is 16.0 Å². The van der Waals surface area contributed by atoms with Gasteiger partial charge in [0.1, 0.15) is 23.4 Å². The summed E-state index contributed by atoms with van der Waals surface area (Å²) in [5, 5.41) is 17.9. The van der Waals surface area contributed by atoms with Crippen LogP contribution in [-0.4, -0.2) is 58.9 Å². The number of ether oxygens (including phenoxy) is 2. The first kappa shape index (κ1) is 29.6. The molecule has 0 fully saturated rings. The van der Waals surface area contributed by atoms with Crippen molar-refractivity contribution in [1.82, 2.24) is 16.0 Å². The minimum atomic E-state index is -0.945. The van der Waals surface area contributed by atoms with Crippen molar-refractivity contribution in [2.24, 2.45) is 0 Å². The highest BCUT2D eigenvalue weighted by Crippen LogP contribution is 2.13. The maximum Gasteiger partial charge on any atom is 0.408 e. The molecule has 9 nitrogen and oxygen atoms in total. The second-order valence-corrected chi connectivity index (χ2v) is 10.0. The number of carbonyl (C=O) groups excluding carboxylic acids is 3. The summed E-state index contributed by atoms with van der Waals surface area (Å²) in [7, 11) is 1.24. The average molecular weight is 530 g/mol. The Labute approximate surface area is 222 Å². The molecule has 2 aromatic carbocycles. The number of aromatic hydroxyl groups is 1. The second kappa shape index (κ2) is 13.6. The molecule has 3 atom stereocenters. The fraction of sp³-hybridized carbons (Fsp3) is 0.407. The van der Waals surface area contributed by atoms with E-state index in [0.717, 1.165) is 11.1 Å². The van der Waals surface area contributed by atoms with Crippen molar-refractivity contribution in [2.45, 2.75) is 64.3 Å². The summed E-state index contributed by atoms with van der Waals surface area (Å²) >= 11 is 5.56. The van der Waals surface area contributed by atoms with Gasteiger partial charge in [-0.2, -0.15) is 0 Å². The maximum absolute atomic E-state index is 13.0. The van der Waals surface area contributed by atoms with Gasteiger partial charge in [0.05, 0.1) is 18.1 Å². The van der Waals surface area contributed by atoms with Crippen LogP contribution in [-0.2, 0) is 31.9 Å². The largest absolute Gasteiger partial charge is 0.508 e. The van der Waals surface area contributed by atoms with Crippen LogP contribution >= 0.6 is 12.2 Å². The number of nitrogens with one attached hydrogen (secondary N) is 3. The van der Waals surface area contributed by atoms with Crippen molar-refractivity contribution in [2.75, 3.05) is 7.11 Å². The van der Waals surface area contributed by atoms with E-state index in [1.807, 2.05) is 30.3 Å². The van der Waals surface area contributed by atoms with Crippen LogP contribution in [0.1, 0.15) is 38.8 Å². The second-order valence-electron chi connectivity index (χ2n) is 9.57. The smallest absolute Gasteiger partial charge is 0.408 e. The molecule has 0 bridgehead atoms. The van der Waals surface area contributed by atoms with Gasteiger partial charge in [0.25, 0.3) is 0 Å². The molecule has 0 aliphatic rings. The lowest BCUT2D eigenvalue weighted by atomic mass is 10.0. The van der Waals surface area contributed by atoms with Crippen molar-refractivity contribution in [3.8, 4) is 5.75 Å². The molecule has 10 heteroatoms. The van der Waals surface area contributed by atoms with E-state index in [0.29, 0.717) is 6.42 Å². The Morgan fingerprint density at radius 3 is 2.03 bits per heavy atom. The highest BCUT2D eigenvalue weighted by atomic mass is 32.1. The number of amides is 2. The molecule has 4 N–H and O–H groups in total. The lowest BCUT2D eigenvalue weighted by molar-refractivity contribution is -0.145. The van der Waals surface area contributed by atoms with E-state index in [9.17, 15) is 19.5 Å². The van der Waals surface area contributed by atoms with Crippen LogP contribution in [0.25, 0.3) is 0 Å². The maximum atomic E-state index is 13.0. The monoisotopic (exact) mass is 529 g/mol. The lowest BCUT2D eigenvalue weighted by Gasteiger charge is -2.26. The Kier molecular flexibility index (Phi) is 10.9. The van der Waals surface area contributed by atoms with Crippen LogP contribution < -0.4 is 16.0 Å². The highest BCUT2D eigenvalue weighted by molar-refractivity contribution is 7.80. The average Bonchev–Trinajstić information content (AvgIpc) is 2.83. The Morgan fingerprint density at radius 1 is 0.892 bits per heavy atom. The van der Waals surface area contributed by atoms with Gasteiger partial charge in [-0.1, -0.05) is 54.7 Å². The highest BCUT2D eigenvalue weighted by Gasteiger charge is 2.27. The number of phenols is 1. The van der Waals surface area contributed by atoms with Crippen molar-refractivity contribution in [1.29, 1.82) is 0 Å². The zero-order valence-corrected chi connectivity index (χ0v) is 22.6. The first-order valence-electron chi connectivity index (χ1n) is 11.9. The van der Waals surface area contributed by atoms with Gasteiger partial charge in [0, 0.05) is 6.42 Å². The molecule has 0 radical (unpaired) electrons. The number of carbonyl (C=O) groups is 3. The van der Waals surface area contributed by atoms with Gasteiger partial charge >= 0.3 is 12.1 Å². The molecular formula is C27H35N3O6S. The van der Waals surface area contributed by atoms with Crippen LogP contribution in [0.3, 0.4) is 0 Å². The van der Waals surface area contributed by atoms with Gasteiger partial charge in [-0.15, -0.1) is 0 Å². The quantitative estimate of drug-likeness (QED) is 0.273. The Morgan fingerprint density at radius 2 is 1.46 bits per heavy atom. The Hall–Kier alpha value is -3.66. The molecule has 0 heterocycles. The molecule has 0 aliphatic heterocycles. The first-order chi connectivity index (χ1) is 17.4. The topological polar surface area (TPSA) is 126 Å². The zero-order valence-electron chi connectivity index (χ0n) is 21.7. The van der Waals surface area contributed by atoms with E-state index in [4.69, 9.17) is 21.7 Å². The number of alkyl carbamates (subject to hydrolysis) is 1. The van der Waals surface area contributed by atoms with E-state index in [-0.39, 0.29) is 17.2 Å². The molecule has 0 unspecified atom stereocenters. The van der Waals surface area contributed by atoms with Gasteiger partial charge in [0.2, 0.25) is 5.91 Å². The molecule has 0 aromatic heterocycles. The van der Waals surface area contributed by atoms with E-state index >= 15 is 0 Å². The summed E-state index contributed by atoms with van der Waals surface area (Å²) in [6.45, 7) is 6.89. The van der Waals surface area contributed by atoms with Crippen molar-refractivity contribution >= 4 is 35.2 Å². The normalized spacial score (nSPS) is 13.4. The number of hydrogen-bond donors (Lipinski definition) is 4. The van der Waals surface area contributed by atoms with Crippen molar-refractivity contribution in [3.05, 3.63) is 65.7 Å². The fourth-order valence-corrected chi connectivity index (χ4v) is 3.71. The van der Waals surface area contributed by atoms with Crippen LogP contribution in [0.4, 0.5) is 4.79 Å². The number of rotatable bonds is 10. The number of thiocarbonyl (C=S) groups is 1. The fourth-order valence-electron chi connectivity index (χ4n) is 3.39. The minimum absolute atomic E-state index is 0.0961. The molecule has 37 heavy (non-hydrogen) atoms. The predicted octanol–water partition coefficient (Wildman–Crippen LogP) is 3.03. The Balaban J connectivity index is 2.09. The van der Waals surface area contributed by atoms with Crippen LogP contribution in [0.5, 0.6) is 5.75 Å². The summed E-state index contributed by atoms with van der Waals surface area (Å²) in [6, 6.07) is 13.4. The van der Waals surface area contributed by atoms with E-state index in [1.54, 1.807) is 39.8 Å². The third kappa shape index (κ3) is 10.5. The van der Waals surface area contributed by atoms with Gasteiger partial charge in [-0.3, -0.25) is 4.79 Å². The summed E-state index contributed by atoms with van der Waals surface area (Å²) in [5.74, 6) is -0.990. The Bertz CT molecular complexity index is 1070. The molecule has 0 aliphatic carbocycles. The standard InChI is InChI=1S/C27H35N3O6S/c1-17(23(32)29-22(25(33)35-5)16-19-11-13-20(31)14-12-19)28-24(37)21(15-18-9-7-6-8-10-18)30-26(34)36-27(2,3)4/h6-14,17,21-22,31H,15-16H2,1-5H3,(H,28,37)(H,29,32)(H,30,34)/t17-,21-,22-/m0/s1. The van der Waals surface area contributed by atoms with Crippen molar-refractivity contribution < 1.29 is 29.0 Å². The molecule has 0 saturated carbocycles. The number of methoxy groups -OCH3 is 1. The third-order valence-corrected chi connectivity index (χ3v) is 5.62. The molecule has 2 aromatic rings. The van der Waals surface area contributed by atoms with Gasteiger partial charge in [0.15, 0.2) is 0 Å². The molecule has 200 valence electrons. The number of benzene rings is 2. The molecule has 0 spiro atoms. The SMILES string of the molecule is COC(=O)[C@H](Cc1ccc(O)cc1)NC(=O)[C@H](C)NC(=S)[C@H](Cc1ccccc1)NC(=O)OC(C)(C)C. The molecule has 2 amide bonds. The zero-order chi connectivity index (χ0) is 27.6. The van der Waals surface area contributed by atoms with Crippen LogP contribution in [0, 0.1) is 0 Å². The van der Waals surface area contributed by atoms with E-state index in [1.165, 1.54) is 19.2 Å². The minimum Gasteiger partial charge on any atom is -0.508 e. The summed E-state index contributed by atoms with van der Waals surface area (Å²) in [5.41, 5.74) is 0.975. The number of esters is 1. The van der Waals surface area contributed by atoms with E-state index < -0.39 is 41.7 Å². The van der Waals surface area contributed by atoms with Crippen molar-refractivity contribution in [3.63, 3.8) is 0 Å². The van der Waals surface area contributed by atoms with Crippen LogP contribution in [0.2, 0.25) is 0 Å². The van der Waals surface area contributed by atoms with Crippen LogP contribution in [0.15, 0.2) is 54.6 Å². The number of phenolic OH excluding ortho intramolecular Hbond substituents is 1. The van der Waals surface area contributed by atoms with Gasteiger partial charge in [-0.05, 0) is 57.4 Å². The predicted molar refractivity (Wildman–Crippen MR) is 144 cm³/mol. The number of hydrogen-bond acceptors (Lipinski definition) is 7. The molecule has 0 saturated heterocycles. The van der Waals surface area contributed by atoms with Gasteiger partial charge in [-0.25, -0.2) is 9.59 Å². The summed E-state index contributed by atoms with van der Waals surface area (Å²) < 4.78 is 10.2. The lowest BCUT2D eigenvalue weighted by Crippen LogP contribution is -2.55. The third-order valence-electron chi connectivity index (χ3n) is 5.22. The molecule has 2 rings (SSSR count). The van der Waals surface area contributed by atoms with Gasteiger partial charge < -0.3 is 30.5 Å². The first-order valence-corrected chi connectivity index (χ1v) is 12.3. The summed E-state index contributed by atoms with van der Waals surface area (Å²) in [6.07, 6.45) is -0.0761.